The van der Waals surface area contributed by atoms with E-state index in [-0.39, 0.29) is 12.4 Å². The average molecular weight is 302 g/mol. The van der Waals surface area contributed by atoms with Crippen molar-refractivity contribution in [2.75, 3.05) is 13.7 Å². The molecule has 0 aliphatic carbocycles. The van der Waals surface area contributed by atoms with Gasteiger partial charge in [-0.25, -0.2) is 0 Å². The van der Waals surface area contributed by atoms with Crippen molar-refractivity contribution < 1.29 is 24.4 Å². The summed E-state index contributed by atoms with van der Waals surface area (Å²) >= 11 is 0. The Morgan fingerprint density at radius 2 is 1.91 bits per heavy atom. The predicted octanol–water partition coefficient (Wildman–Crippen LogP) is 2.58. The van der Waals surface area contributed by atoms with E-state index in [2.05, 4.69) is 0 Å². The number of benzene rings is 2. The molecule has 1 unspecified atom stereocenters. The van der Waals surface area contributed by atoms with E-state index in [1.54, 1.807) is 12.1 Å². The summed E-state index contributed by atoms with van der Waals surface area (Å²) in [5, 5.41) is 19.3. The Morgan fingerprint density at radius 1 is 1.09 bits per heavy atom. The molecule has 22 heavy (non-hydrogen) atoms. The van der Waals surface area contributed by atoms with Crippen LogP contribution in [-0.4, -0.2) is 30.0 Å². The molecule has 3 rings (SSSR count). The van der Waals surface area contributed by atoms with Gasteiger partial charge in [0.15, 0.2) is 35.2 Å². The topological polar surface area (TPSA) is 68.2 Å². The molecule has 0 bridgehead atoms. The van der Waals surface area contributed by atoms with E-state index in [9.17, 15) is 10.2 Å². The van der Waals surface area contributed by atoms with Crippen LogP contribution in [0.2, 0.25) is 0 Å². The van der Waals surface area contributed by atoms with Gasteiger partial charge >= 0.3 is 0 Å². The zero-order valence-electron chi connectivity index (χ0n) is 12.4. The maximum absolute atomic E-state index is 9.70. The number of aliphatic hydroxyl groups excluding tert-OH is 1. The lowest BCUT2D eigenvalue weighted by atomic mass is 10.0. The van der Waals surface area contributed by atoms with Gasteiger partial charge in [0.2, 0.25) is 0 Å². The van der Waals surface area contributed by atoms with Gasteiger partial charge in [-0.2, -0.15) is 0 Å². The van der Waals surface area contributed by atoms with Crippen LogP contribution < -0.4 is 14.2 Å². The van der Waals surface area contributed by atoms with Crippen molar-refractivity contribution in [3.63, 3.8) is 0 Å². The summed E-state index contributed by atoms with van der Waals surface area (Å²) in [5.74, 6) is 1.67. The summed E-state index contributed by atoms with van der Waals surface area (Å²) in [4.78, 5) is 0. The van der Waals surface area contributed by atoms with Crippen LogP contribution in [0.1, 0.15) is 17.2 Å². The lowest BCUT2D eigenvalue weighted by molar-refractivity contribution is -0.0124. The molecule has 2 aromatic rings. The Hall–Kier alpha value is -2.40. The van der Waals surface area contributed by atoms with Crippen LogP contribution in [0, 0.1) is 6.92 Å². The number of fused-ring (bicyclic) bond motifs is 1. The Morgan fingerprint density at radius 3 is 2.64 bits per heavy atom. The Labute approximate surface area is 128 Å². The number of rotatable bonds is 3. The third-order valence-corrected chi connectivity index (χ3v) is 3.68. The zero-order valence-corrected chi connectivity index (χ0v) is 12.4. The highest BCUT2D eigenvalue weighted by atomic mass is 16.6. The van der Waals surface area contributed by atoms with E-state index < -0.39 is 12.2 Å². The number of aliphatic hydroxyl groups is 1. The van der Waals surface area contributed by atoms with Crippen molar-refractivity contribution in [3.8, 4) is 23.0 Å². The molecule has 2 N–H and O–H groups in total. The Bertz CT molecular complexity index is 683. The third-order valence-electron chi connectivity index (χ3n) is 3.68. The largest absolute Gasteiger partial charge is 0.504 e. The fraction of sp³-hybridized carbons (Fsp3) is 0.294. The molecule has 0 fully saturated rings. The molecule has 5 nitrogen and oxygen atoms in total. The molecule has 1 aliphatic heterocycles. The van der Waals surface area contributed by atoms with Crippen molar-refractivity contribution in [2.24, 2.45) is 0 Å². The maximum Gasteiger partial charge on any atom is 0.163 e. The number of hydrogen-bond acceptors (Lipinski definition) is 5. The number of ether oxygens (including phenoxy) is 3. The van der Waals surface area contributed by atoms with Crippen molar-refractivity contribution in [3.05, 3.63) is 47.5 Å². The number of aryl methyl sites for hydroxylation is 1. The molecule has 0 saturated heterocycles. The van der Waals surface area contributed by atoms with Crippen molar-refractivity contribution >= 4 is 0 Å². The van der Waals surface area contributed by atoms with Gasteiger partial charge in [0.05, 0.1) is 13.7 Å². The van der Waals surface area contributed by atoms with Gasteiger partial charge in [-0.15, -0.1) is 0 Å². The van der Waals surface area contributed by atoms with Crippen LogP contribution in [-0.2, 0) is 0 Å². The van der Waals surface area contributed by atoms with Gasteiger partial charge < -0.3 is 24.4 Å². The molecule has 0 spiro atoms. The first-order valence-electron chi connectivity index (χ1n) is 7.04. The molecule has 5 heteroatoms. The van der Waals surface area contributed by atoms with Gasteiger partial charge in [0, 0.05) is 5.56 Å². The predicted molar refractivity (Wildman–Crippen MR) is 80.7 cm³/mol. The normalized spacial score (nSPS) is 19.8. The summed E-state index contributed by atoms with van der Waals surface area (Å²) in [6.07, 6.45) is -1.00. The lowest BCUT2D eigenvalue weighted by Crippen LogP contribution is -2.36. The number of aromatic hydroxyl groups is 1. The zero-order chi connectivity index (χ0) is 15.7. The first-order valence-corrected chi connectivity index (χ1v) is 7.04. The van der Waals surface area contributed by atoms with Gasteiger partial charge in [-0.1, -0.05) is 12.1 Å². The molecule has 2 atom stereocenters. The van der Waals surface area contributed by atoms with Gasteiger partial charge in [0.25, 0.3) is 0 Å². The molecule has 1 aliphatic rings. The van der Waals surface area contributed by atoms with E-state index in [1.165, 1.54) is 13.2 Å². The maximum atomic E-state index is 9.70. The van der Waals surface area contributed by atoms with Gasteiger partial charge in [-0.3, -0.25) is 0 Å². The highest BCUT2D eigenvalue weighted by Gasteiger charge is 2.33. The summed E-state index contributed by atoms with van der Waals surface area (Å²) in [7, 11) is 1.49. The van der Waals surface area contributed by atoms with Crippen LogP contribution in [0.5, 0.6) is 23.0 Å². The van der Waals surface area contributed by atoms with E-state index in [0.29, 0.717) is 17.2 Å². The second-order valence-electron chi connectivity index (χ2n) is 5.26. The van der Waals surface area contributed by atoms with Gasteiger partial charge in [-0.05, 0) is 36.8 Å². The summed E-state index contributed by atoms with van der Waals surface area (Å²) in [6, 6.07) is 10.6. The van der Waals surface area contributed by atoms with E-state index in [1.807, 2.05) is 25.1 Å². The molecule has 0 radical (unpaired) electrons. The molecule has 0 aromatic heterocycles. The van der Waals surface area contributed by atoms with Crippen LogP contribution in [0.4, 0.5) is 0 Å². The summed E-state index contributed by atoms with van der Waals surface area (Å²) in [5.41, 5.74) is 1.83. The smallest absolute Gasteiger partial charge is 0.163 e. The summed E-state index contributed by atoms with van der Waals surface area (Å²) in [6.45, 7) is 1.79. The van der Waals surface area contributed by atoms with Crippen LogP contribution >= 0.6 is 0 Å². The number of methoxy groups -OCH3 is 1. The first kappa shape index (κ1) is 14.5. The lowest BCUT2D eigenvalue weighted by Gasteiger charge is -2.33. The van der Waals surface area contributed by atoms with E-state index in [0.717, 1.165) is 11.1 Å². The Kier molecular flexibility index (Phi) is 3.81. The second kappa shape index (κ2) is 5.77. The first-order chi connectivity index (χ1) is 10.6. The van der Waals surface area contributed by atoms with Crippen LogP contribution in [0.25, 0.3) is 0 Å². The Balaban J connectivity index is 1.98. The highest BCUT2D eigenvalue weighted by Crippen LogP contribution is 2.41. The third kappa shape index (κ3) is 2.55. The number of hydrogen-bond donors (Lipinski definition) is 2. The number of phenolic OH excluding ortho intramolecular Hbond substituents is 1. The van der Waals surface area contributed by atoms with E-state index in [4.69, 9.17) is 14.2 Å². The van der Waals surface area contributed by atoms with Gasteiger partial charge in [0.1, 0.15) is 0 Å². The second-order valence-corrected chi connectivity index (χ2v) is 5.26. The fourth-order valence-corrected chi connectivity index (χ4v) is 2.53. The minimum atomic E-state index is -0.524. The molecular formula is C17H18O5. The van der Waals surface area contributed by atoms with E-state index >= 15 is 0 Å². The molecule has 2 aromatic carbocycles. The highest BCUT2D eigenvalue weighted by molar-refractivity contribution is 5.47. The molecule has 0 amide bonds. The van der Waals surface area contributed by atoms with Crippen molar-refractivity contribution in [1.82, 2.24) is 0 Å². The molecule has 1 heterocycles. The minimum Gasteiger partial charge on any atom is -0.504 e. The minimum absolute atomic E-state index is 0.0553. The SMILES string of the molecule is COc1cc([C@H]2Oc3cc(C)ccc3OC2CO)ccc1O. The van der Waals surface area contributed by atoms with Crippen LogP contribution in [0.3, 0.4) is 0 Å². The van der Waals surface area contributed by atoms with Crippen molar-refractivity contribution in [2.45, 2.75) is 19.1 Å². The van der Waals surface area contributed by atoms with Crippen molar-refractivity contribution in [1.29, 1.82) is 0 Å². The molecule has 0 saturated carbocycles. The summed E-state index contributed by atoms with van der Waals surface area (Å²) < 4.78 is 17.0. The molecular weight excluding hydrogens is 284 g/mol. The standard InChI is InChI=1S/C17H18O5/c1-10-3-6-13-15(7-10)22-17(16(9-18)21-13)11-4-5-12(19)14(8-11)20-2/h3-8,16-19H,9H2,1-2H3/t16?,17-/m1/s1. The fourth-order valence-electron chi connectivity index (χ4n) is 2.53. The molecule has 116 valence electrons. The monoisotopic (exact) mass is 302 g/mol. The quantitative estimate of drug-likeness (QED) is 0.912. The number of phenols is 1. The van der Waals surface area contributed by atoms with Crippen LogP contribution in [0.15, 0.2) is 36.4 Å². The average Bonchev–Trinajstić information content (AvgIpc) is 2.54.